The summed E-state index contributed by atoms with van der Waals surface area (Å²) >= 11 is 0. The molecule has 0 spiro atoms. The van der Waals surface area contributed by atoms with E-state index in [4.69, 9.17) is 4.74 Å². The van der Waals surface area contributed by atoms with Gasteiger partial charge in [-0.05, 0) is 31.9 Å². The van der Waals surface area contributed by atoms with Gasteiger partial charge < -0.3 is 10.1 Å². The third-order valence-corrected chi connectivity index (χ3v) is 5.60. The minimum Gasteiger partial charge on any atom is -0.496 e. The molecule has 2 atom stereocenters. The van der Waals surface area contributed by atoms with Crippen molar-refractivity contribution in [1.29, 1.82) is 0 Å². The van der Waals surface area contributed by atoms with Gasteiger partial charge in [0.1, 0.15) is 5.75 Å². The van der Waals surface area contributed by atoms with Gasteiger partial charge in [0.15, 0.2) is 9.84 Å². The largest absolute Gasteiger partial charge is 0.496 e. The van der Waals surface area contributed by atoms with E-state index in [1.165, 1.54) is 0 Å². The Morgan fingerprint density at radius 1 is 1.42 bits per heavy atom. The summed E-state index contributed by atoms with van der Waals surface area (Å²) in [6.07, 6.45) is 1.60. The van der Waals surface area contributed by atoms with E-state index in [1.54, 1.807) is 7.11 Å². The summed E-state index contributed by atoms with van der Waals surface area (Å²) in [5, 5.41) is 3.27. The maximum atomic E-state index is 11.5. The molecule has 5 heteroatoms. The number of para-hydroxylation sites is 1. The summed E-state index contributed by atoms with van der Waals surface area (Å²) in [6, 6.07) is 8.02. The third-order valence-electron chi connectivity index (χ3n) is 3.76. The van der Waals surface area contributed by atoms with Crippen molar-refractivity contribution in [2.24, 2.45) is 5.92 Å². The zero-order chi connectivity index (χ0) is 13.9. The van der Waals surface area contributed by atoms with Crippen molar-refractivity contribution < 1.29 is 13.2 Å². The predicted octanol–water partition coefficient (Wildman–Crippen LogP) is 1.78. The molecule has 0 aromatic heterocycles. The van der Waals surface area contributed by atoms with Crippen molar-refractivity contribution in [1.82, 2.24) is 5.32 Å². The van der Waals surface area contributed by atoms with Crippen molar-refractivity contribution in [2.45, 2.75) is 18.9 Å². The standard InChI is InChI=1S/C14H21NO3S/c1-15-13(9-11-7-8-19(16,17)10-11)12-5-3-4-6-14(12)18-2/h3-6,11,13,15H,7-10H2,1-2H3. The van der Waals surface area contributed by atoms with Gasteiger partial charge in [-0.25, -0.2) is 8.42 Å². The first-order valence-corrected chi connectivity index (χ1v) is 8.38. The van der Waals surface area contributed by atoms with E-state index in [2.05, 4.69) is 5.32 Å². The van der Waals surface area contributed by atoms with E-state index in [0.29, 0.717) is 11.5 Å². The van der Waals surface area contributed by atoms with Crippen LogP contribution in [-0.4, -0.2) is 34.1 Å². The van der Waals surface area contributed by atoms with Crippen LogP contribution in [0.15, 0.2) is 24.3 Å². The van der Waals surface area contributed by atoms with Crippen LogP contribution >= 0.6 is 0 Å². The van der Waals surface area contributed by atoms with Crippen molar-refractivity contribution in [3.8, 4) is 5.75 Å². The summed E-state index contributed by atoms with van der Waals surface area (Å²) in [5.74, 6) is 1.75. The molecule has 0 saturated carbocycles. The third kappa shape index (κ3) is 3.48. The highest BCUT2D eigenvalue weighted by Gasteiger charge is 2.30. The van der Waals surface area contributed by atoms with Gasteiger partial charge in [0, 0.05) is 11.6 Å². The average molecular weight is 283 g/mol. The molecule has 4 nitrogen and oxygen atoms in total. The van der Waals surface area contributed by atoms with Gasteiger partial charge in [0.05, 0.1) is 18.6 Å². The fraction of sp³-hybridized carbons (Fsp3) is 0.571. The van der Waals surface area contributed by atoms with Crippen LogP contribution in [0, 0.1) is 5.92 Å². The molecule has 1 aromatic rings. The molecule has 1 aromatic carbocycles. The van der Waals surface area contributed by atoms with Crippen LogP contribution in [0.1, 0.15) is 24.4 Å². The van der Waals surface area contributed by atoms with Crippen molar-refractivity contribution in [3.05, 3.63) is 29.8 Å². The molecule has 19 heavy (non-hydrogen) atoms. The van der Waals surface area contributed by atoms with E-state index in [1.807, 2.05) is 31.3 Å². The molecule has 0 aliphatic carbocycles. The molecule has 1 aliphatic heterocycles. The van der Waals surface area contributed by atoms with E-state index in [0.717, 1.165) is 24.2 Å². The Labute approximate surface area is 115 Å². The Hall–Kier alpha value is -1.07. The molecule has 2 unspecified atom stereocenters. The van der Waals surface area contributed by atoms with E-state index in [-0.39, 0.29) is 12.0 Å². The lowest BCUT2D eigenvalue weighted by atomic mass is 9.94. The molecule has 1 N–H and O–H groups in total. The van der Waals surface area contributed by atoms with E-state index in [9.17, 15) is 8.42 Å². The van der Waals surface area contributed by atoms with Gasteiger partial charge in [-0.15, -0.1) is 0 Å². The smallest absolute Gasteiger partial charge is 0.150 e. The van der Waals surface area contributed by atoms with Gasteiger partial charge in [-0.1, -0.05) is 18.2 Å². The maximum absolute atomic E-state index is 11.5. The lowest BCUT2D eigenvalue weighted by molar-refractivity contribution is 0.385. The number of rotatable bonds is 5. The molecule has 0 amide bonds. The molecular formula is C14H21NO3S. The minimum absolute atomic E-state index is 0.134. The van der Waals surface area contributed by atoms with Crippen molar-refractivity contribution in [3.63, 3.8) is 0 Å². The van der Waals surface area contributed by atoms with E-state index < -0.39 is 9.84 Å². The highest BCUT2D eigenvalue weighted by molar-refractivity contribution is 7.91. The molecule has 106 valence electrons. The first-order chi connectivity index (χ1) is 9.05. The average Bonchev–Trinajstić information content (AvgIpc) is 2.75. The lowest BCUT2D eigenvalue weighted by Crippen LogP contribution is -2.21. The SMILES string of the molecule is CNC(CC1CCS(=O)(=O)C1)c1ccccc1OC. The Morgan fingerprint density at radius 2 is 2.16 bits per heavy atom. The summed E-state index contributed by atoms with van der Waals surface area (Å²) in [7, 11) is 0.755. The summed E-state index contributed by atoms with van der Waals surface area (Å²) in [4.78, 5) is 0. The lowest BCUT2D eigenvalue weighted by Gasteiger charge is -2.21. The highest BCUT2D eigenvalue weighted by atomic mass is 32.2. The molecule has 1 aliphatic rings. The van der Waals surface area contributed by atoms with Gasteiger partial charge in [0.2, 0.25) is 0 Å². The molecule has 2 rings (SSSR count). The van der Waals surface area contributed by atoms with E-state index >= 15 is 0 Å². The normalized spacial score (nSPS) is 23.2. The van der Waals surface area contributed by atoms with Gasteiger partial charge >= 0.3 is 0 Å². The Bertz CT molecular complexity index is 527. The van der Waals surface area contributed by atoms with Crippen LogP contribution in [-0.2, 0) is 9.84 Å². The van der Waals surface area contributed by atoms with Crippen LogP contribution in [0.3, 0.4) is 0 Å². The van der Waals surface area contributed by atoms with Crippen LogP contribution in [0.5, 0.6) is 5.75 Å². The van der Waals surface area contributed by atoms with Crippen LogP contribution in [0.4, 0.5) is 0 Å². The number of hydrogen-bond acceptors (Lipinski definition) is 4. The van der Waals surface area contributed by atoms with Gasteiger partial charge in [0.25, 0.3) is 0 Å². The molecule has 0 radical (unpaired) electrons. The number of nitrogens with one attached hydrogen (secondary N) is 1. The van der Waals surface area contributed by atoms with Crippen molar-refractivity contribution >= 4 is 9.84 Å². The van der Waals surface area contributed by atoms with Crippen molar-refractivity contribution in [2.75, 3.05) is 25.7 Å². The summed E-state index contributed by atoms with van der Waals surface area (Å²) < 4.78 is 28.4. The fourth-order valence-electron chi connectivity index (χ4n) is 2.75. The Balaban J connectivity index is 2.12. The summed E-state index contributed by atoms with van der Waals surface area (Å²) in [6.45, 7) is 0. The Kier molecular flexibility index (Phi) is 4.47. The number of benzene rings is 1. The van der Waals surface area contributed by atoms with Crippen LogP contribution in [0.25, 0.3) is 0 Å². The second kappa shape index (κ2) is 5.92. The fourth-order valence-corrected chi connectivity index (χ4v) is 4.63. The zero-order valence-electron chi connectivity index (χ0n) is 11.4. The van der Waals surface area contributed by atoms with Crippen LogP contribution in [0.2, 0.25) is 0 Å². The summed E-state index contributed by atoms with van der Waals surface area (Å²) in [5.41, 5.74) is 1.09. The molecule has 1 fully saturated rings. The first kappa shape index (κ1) is 14.3. The van der Waals surface area contributed by atoms with Crippen LogP contribution < -0.4 is 10.1 Å². The maximum Gasteiger partial charge on any atom is 0.150 e. The number of methoxy groups -OCH3 is 1. The first-order valence-electron chi connectivity index (χ1n) is 6.56. The number of hydrogen-bond donors (Lipinski definition) is 1. The molecule has 1 saturated heterocycles. The molecule has 1 heterocycles. The second-order valence-corrected chi connectivity index (χ2v) is 7.32. The zero-order valence-corrected chi connectivity index (χ0v) is 12.2. The van der Waals surface area contributed by atoms with Gasteiger partial charge in [-0.3, -0.25) is 0 Å². The second-order valence-electron chi connectivity index (χ2n) is 5.09. The Morgan fingerprint density at radius 3 is 2.74 bits per heavy atom. The molecule has 0 bridgehead atoms. The minimum atomic E-state index is -2.81. The molecular weight excluding hydrogens is 262 g/mol. The monoisotopic (exact) mass is 283 g/mol. The number of ether oxygens (including phenoxy) is 1. The number of sulfone groups is 1. The predicted molar refractivity (Wildman–Crippen MR) is 76.2 cm³/mol. The van der Waals surface area contributed by atoms with Gasteiger partial charge in [-0.2, -0.15) is 0 Å². The quantitative estimate of drug-likeness (QED) is 0.895. The topological polar surface area (TPSA) is 55.4 Å². The highest BCUT2D eigenvalue weighted by Crippen LogP contribution is 2.32.